The van der Waals surface area contributed by atoms with Gasteiger partial charge in [0.05, 0.1) is 0 Å². The Morgan fingerprint density at radius 3 is 2.50 bits per heavy atom. The highest BCUT2D eigenvalue weighted by Gasteiger charge is 2.23. The molecule has 2 rings (SSSR count). The van der Waals surface area contributed by atoms with E-state index in [0.717, 1.165) is 29.8 Å². The normalized spacial score (nSPS) is 23.9. The minimum Gasteiger partial charge on any atom is -0.370 e. The molecule has 1 N–H and O–H groups in total. The van der Waals surface area contributed by atoms with E-state index in [2.05, 4.69) is 36.1 Å². The van der Waals surface area contributed by atoms with Crippen LogP contribution >= 0.6 is 0 Å². The van der Waals surface area contributed by atoms with Crippen molar-refractivity contribution in [2.24, 2.45) is 5.92 Å². The minimum atomic E-state index is 0.574. The Kier molecular flexibility index (Phi) is 4.56. The SMILES string of the molecule is CCNc1cc(C)nc(C2CCC(CC)CC2)n1. The molecule has 0 unspecified atom stereocenters. The van der Waals surface area contributed by atoms with Crippen molar-refractivity contribution in [2.75, 3.05) is 11.9 Å². The third kappa shape index (κ3) is 3.21. The van der Waals surface area contributed by atoms with Gasteiger partial charge < -0.3 is 5.32 Å². The van der Waals surface area contributed by atoms with Gasteiger partial charge in [-0.3, -0.25) is 0 Å². The molecule has 3 nitrogen and oxygen atoms in total. The molecule has 0 atom stereocenters. The van der Waals surface area contributed by atoms with E-state index in [4.69, 9.17) is 0 Å². The van der Waals surface area contributed by atoms with Gasteiger partial charge in [0.15, 0.2) is 0 Å². The predicted octanol–water partition coefficient (Wildman–Crippen LogP) is 3.90. The van der Waals surface area contributed by atoms with Crippen molar-refractivity contribution < 1.29 is 0 Å². The smallest absolute Gasteiger partial charge is 0.134 e. The summed E-state index contributed by atoms with van der Waals surface area (Å²) in [7, 11) is 0. The van der Waals surface area contributed by atoms with Crippen LogP contribution in [0.4, 0.5) is 5.82 Å². The Labute approximate surface area is 110 Å². The molecule has 1 aliphatic carbocycles. The van der Waals surface area contributed by atoms with Crippen molar-refractivity contribution in [2.45, 2.75) is 58.8 Å². The van der Waals surface area contributed by atoms with Gasteiger partial charge in [0.2, 0.25) is 0 Å². The van der Waals surface area contributed by atoms with Crippen LogP contribution in [-0.2, 0) is 0 Å². The molecule has 0 spiro atoms. The van der Waals surface area contributed by atoms with Crippen LogP contribution in [0.2, 0.25) is 0 Å². The second-order valence-electron chi connectivity index (χ2n) is 5.41. The van der Waals surface area contributed by atoms with Crippen molar-refractivity contribution in [3.63, 3.8) is 0 Å². The molecule has 1 saturated carbocycles. The molecule has 0 amide bonds. The van der Waals surface area contributed by atoms with Crippen LogP contribution in [0.25, 0.3) is 0 Å². The lowest BCUT2D eigenvalue weighted by molar-refractivity contribution is 0.312. The van der Waals surface area contributed by atoms with Crippen LogP contribution < -0.4 is 5.32 Å². The Bertz CT molecular complexity index is 381. The summed E-state index contributed by atoms with van der Waals surface area (Å²) in [5.41, 5.74) is 1.08. The molecule has 0 saturated heterocycles. The number of aromatic nitrogens is 2. The standard InChI is InChI=1S/C15H25N3/c1-4-12-6-8-13(9-7-12)15-17-11(3)10-14(18-15)16-5-2/h10,12-13H,4-9H2,1-3H3,(H,16,17,18). The van der Waals surface area contributed by atoms with Crippen molar-refractivity contribution in [1.29, 1.82) is 0 Å². The van der Waals surface area contributed by atoms with Crippen LogP contribution in [0.5, 0.6) is 0 Å². The maximum absolute atomic E-state index is 4.68. The van der Waals surface area contributed by atoms with Crippen LogP contribution in [0.3, 0.4) is 0 Å². The predicted molar refractivity (Wildman–Crippen MR) is 75.9 cm³/mol. The van der Waals surface area contributed by atoms with Gasteiger partial charge in [-0.1, -0.05) is 13.3 Å². The van der Waals surface area contributed by atoms with Crippen LogP contribution in [0.1, 0.15) is 63.4 Å². The largest absolute Gasteiger partial charge is 0.370 e. The molecule has 1 aliphatic rings. The fourth-order valence-corrected chi connectivity index (χ4v) is 2.87. The Balaban J connectivity index is 2.08. The van der Waals surface area contributed by atoms with Gasteiger partial charge in [0, 0.05) is 24.2 Å². The van der Waals surface area contributed by atoms with Gasteiger partial charge in [-0.2, -0.15) is 0 Å². The van der Waals surface area contributed by atoms with E-state index >= 15 is 0 Å². The van der Waals surface area contributed by atoms with Crippen molar-refractivity contribution in [3.8, 4) is 0 Å². The zero-order chi connectivity index (χ0) is 13.0. The summed E-state index contributed by atoms with van der Waals surface area (Å²) in [4.78, 5) is 9.32. The molecular weight excluding hydrogens is 222 g/mol. The summed E-state index contributed by atoms with van der Waals surface area (Å²) in [6.07, 6.45) is 6.52. The maximum atomic E-state index is 4.68. The number of nitrogens with one attached hydrogen (secondary N) is 1. The first-order chi connectivity index (χ1) is 8.72. The van der Waals surface area contributed by atoms with E-state index in [1.807, 2.05) is 6.07 Å². The van der Waals surface area contributed by atoms with E-state index < -0.39 is 0 Å². The average Bonchev–Trinajstić information content (AvgIpc) is 2.38. The van der Waals surface area contributed by atoms with Gasteiger partial charge in [-0.25, -0.2) is 9.97 Å². The summed E-state index contributed by atoms with van der Waals surface area (Å²) in [5.74, 6) is 3.54. The minimum absolute atomic E-state index is 0.574. The van der Waals surface area contributed by atoms with E-state index in [1.54, 1.807) is 0 Å². The number of anilines is 1. The number of hydrogen-bond acceptors (Lipinski definition) is 3. The van der Waals surface area contributed by atoms with Gasteiger partial charge in [-0.15, -0.1) is 0 Å². The summed E-state index contributed by atoms with van der Waals surface area (Å²) in [6.45, 7) is 7.38. The van der Waals surface area contributed by atoms with Crippen molar-refractivity contribution in [1.82, 2.24) is 9.97 Å². The molecule has 100 valence electrons. The number of rotatable bonds is 4. The van der Waals surface area contributed by atoms with E-state index in [1.165, 1.54) is 32.1 Å². The van der Waals surface area contributed by atoms with E-state index in [-0.39, 0.29) is 0 Å². The second-order valence-corrected chi connectivity index (χ2v) is 5.41. The number of aryl methyl sites for hydroxylation is 1. The molecule has 0 bridgehead atoms. The first kappa shape index (κ1) is 13.3. The molecule has 1 fully saturated rings. The topological polar surface area (TPSA) is 37.8 Å². The summed E-state index contributed by atoms with van der Waals surface area (Å²) in [5, 5.41) is 3.30. The van der Waals surface area contributed by atoms with Gasteiger partial charge >= 0.3 is 0 Å². The number of hydrogen-bond donors (Lipinski definition) is 1. The molecule has 0 aromatic carbocycles. The van der Waals surface area contributed by atoms with Crippen LogP contribution in [-0.4, -0.2) is 16.5 Å². The Morgan fingerprint density at radius 2 is 1.89 bits per heavy atom. The second kappa shape index (κ2) is 6.17. The summed E-state index contributed by atoms with van der Waals surface area (Å²) >= 11 is 0. The third-order valence-electron chi connectivity index (χ3n) is 4.02. The number of nitrogens with zero attached hydrogens (tertiary/aromatic N) is 2. The molecule has 0 radical (unpaired) electrons. The summed E-state index contributed by atoms with van der Waals surface area (Å²) < 4.78 is 0. The van der Waals surface area contributed by atoms with Gasteiger partial charge in [-0.05, 0) is 45.4 Å². The van der Waals surface area contributed by atoms with Gasteiger partial charge in [0.1, 0.15) is 11.6 Å². The highest BCUT2D eigenvalue weighted by atomic mass is 15.0. The summed E-state index contributed by atoms with van der Waals surface area (Å²) in [6, 6.07) is 2.03. The lowest BCUT2D eigenvalue weighted by atomic mass is 9.80. The van der Waals surface area contributed by atoms with E-state index in [0.29, 0.717) is 5.92 Å². The van der Waals surface area contributed by atoms with Crippen molar-refractivity contribution in [3.05, 3.63) is 17.6 Å². The van der Waals surface area contributed by atoms with Crippen LogP contribution in [0.15, 0.2) is 6.07 Å². The van der Waals surface area contributed by atoms with Crippen LogP contribution in [0, 0.1) is 12.8 Å². The lowest BCUT2D eigenvalue weighted by Gasteiger charge is -2.27. The molecule has 1 aromatic rings. The monoisotopic (exact) mass is 247 g/mol. The first-order valence-corrected chi connectivity index (χ1v) is 7.32. The Hall–Kier alpha value is -1.12. The molecule has 1 heterocycles. The fourth-order valence-electron chi connectivity index (χ4n) is 2.87. The zero-order valence-corrected chi connectivity index (χ0v) is 11.9. The average molecular weight is 247 g/mol. The maximum Gasteiger partial charge on any atom is 0.134 e. The molecule has 3 heteroatoms. The highest BCUT2D eigenvalue weighted by Crippen LogP contribution is 2.35. The first-order valence-electron chi connectivity index (χ1n) is 7.32. The molecular formula is C15H25N3. The van der Waals surface area contributed by atoms with Gasteiger partial charge in [0.25, 0.3) is 0 Å². The molecule has 0 aliphatic heterocycles. The highest BCUT2D eigenvalue weighted by molar-refractivity contribution is 5.36. The molecule has 18 heavy (non-hydrogen) atoms. The quantitative estimate of drug-likeness (QED) is 0.876. The third-order valence-corrected chi connectivity index (χ3v) is 4.02. The fraction of sp³-hybridized carbons (Fsp3) is 0.733. The lowest BCUT2D eigenvalue weighted by Crippen LogP contribution is -2.16. The zero-order valence-electron chi connectivity index (χ0n) is 11.9. The molecule has 1 aromatic heterocycles. The van der Waals surface area contributed by atoms with Crippen molar-refractivity contribution >= 4 is 5.82 Å². The Morgan fingerprint density at radius 1 is 1.17 bits per heavy atom. The van der Waals surface area contributed by atoms with E-state index in [9.17, 15) is 0 Å².